The van der Waals surface area contributed by atoms with Gasteiger partial charge in [0.2, 0.25) is 0 Å². The van der Waals surface area contributed by atoms with Crippen molar-refractivity contribution in [1.82, 2.24) is 4.98 Å². The lowest BCUT2D eigenvalue weighted by Crippen LogP contribution is -2.27. The first-order valence-electron chi connectivity index (χ1n) is 12.7. The van der Waals surface area contributed by atoms with Crippen molar-refractivity contribution in [3.63, 3.8) is 0 Å². The fraction of sp³-hybridized carbons (Fsp3) is 0.267. The molecule has 0 aliphatic carbocycles. The number of halogens is 4. The van der Waals surface area contributed by atoms with Crippen LogP contribution in [-0.4, -0.2) is 24.8 Å². The minimum Gasteiger partial charge on any atom is -0.619 e. The molecular formula is C30H29F4N3O3. The van der Waals surface area contributed by atoms with E-state index in [9.17, 15) is 22.8 Å². The van der Waals surface area contributed by atoms with Crippen LogP contribution in [-0.2, 0) is 6.42 Å². The maximum absolute atomic E-state index is 13.1. The summed E-state index contributed by atoms with van der Waals surface area (Å²) in [6, 6.07) is 21.2. The average molecular weight is 556 g/mol. The third kappa shape index (κ3) is 7.19. The topological polar surface area (TPSA) is 61.5 Å². The summed E-state index contributed by atoms with van der Waals surface area (Å²) in [7, 11) is 0. The van der Waals surface area contributed by atoms with E-state index in [2.05, 4.69) is 33.4 Å². The molecule has 2 atom stereocenters. The Balaban J connectivity index is 1.70. The minimum absolute atomic E-state index is 0.0693. The standard InChI is InChI=1S/C30H29F4N3O3/c1-3-37(20(2)22-7-5-4-6-8-22)28-12-10-24(19-35-28)25(17-21-13-15-36(38)16-14-21)23-9-11-26(39-29(31)32)27(18-23)40-30(33)34/h4-16,18-20,25,29-30H,3,17H2,1-2H3. The van der Waals surface area contributed by atoms with Gasteiger partial charge in [-0.25, -0.2) is 4.98 Å². The molecule has 0 aliphatic heterocycles. The first-order chi connectivity index (χ1) is 19.2. The van der Waals surface area contributed by atoms with Gasteiger partial charge >= 0.3 is 13.2 Å². The molecule has 210 valence electrons. The summed E-state index contributed by atoms with van der Waals surface area (Å²) < 4.78 is 61.5. The predicted molar refractivity (Wildman–Crippen MR) is 143 cm³/mol. The first kappa shape index (κ1) is 28.7. The van der Waals surface area contributed by atoms with Crippen LogP contribution in [0.25, 0.3) is 0 Å². The van der Waals surface area contributed by atoms with Gasteiger partial charge in [0, 0.05) is 30.8 Å². The summed E-state index contributed by atoms with van der Waals surface area (Å²) in [6.45, 7) is -1.58. The van der Waals surface area contributed by atoms with E-state index in [1.807, 2.05) is 37.3 Å². The lowest BCUT2D eigenvalue weighted by atomic mass is 9.86. The van der Waals surface area contributed by atoms with Crippen LogP contribution in [0.2, 0.25) is 0 Å². The van der Waals surface area contributed by atoms with Crippen LogP contribution in [0.5, 0.6) is 11.5 Å². The number of ether oxygens (including phenoxy) is 2. The molecule has 4 aromatic rings. The van der Waals surface area contributed by atoms with Crippen molar-refractivity contribution in [1.29, 1.82) is 0 Å². The van der Waals surface area contributed by atoms with Crippen molar-refractivity contribution >= 4 is 5.82 Å². The van der Waals surface area contributed by atoms with E-state index >= 15 is 0 Å². The molecule has 0 saturated heterocycles. The summed E-state index contributed by atoms with van der Waals surface area (Å²) in [5.41, 5.74) is 3.23. The van der Waals surface area contributed by atoms with Crippen LogP contribution < -0.4 is 19.1 Å². The van der Waals surface area contributed by atoms with Crippen molar-refractivity contribution < 1.29 is 31.8 Å². The second kappa shape index (κ2) is 13.1. The van der Waals surface area contributed by atoms with Crippen LogP contribution in [0.4, 0.5) is 23.4 Å². The third-order valence-electron chi connectivity index (χ3n) is 6.67. The molecule has 2 unspecified atom stereocenters. The van der Waals surface area contributed by atoms with Crippen molar-refractivity contribution in [3.8, 4) is 11.5 Å². The molecular weight excluding hydrogens is 526 g/mol. The van der Waals surface area contributed by atoms with Crippen molar-refractivity contribution in [2.45, 2.75) is 45.5 Å². The highest BCUT2D eigenvalue weighted by atomic mass is 19.3. The SMILES string of the molecule is CCN(c1ccc(C(Cc2cc[n+]([O-])cc2)c2ccc(OC(F)F)c(OC(F)F)c2)cn1)C(C)c1ccccc1. The Kier molecular flexibility index (Phi) is 9.42. The zero-order valence-electron chi connectivity index (χ0n) is 22.0. The van der Waals surface area contributed by atoms with E-state index in [0.717, 1.165) is 22.5 Å². The lowest BCUT2D eigenvalue weighted by Gasteiger charge is -2.30. The van der Waals surface area contributed by atoms with Crippen LogP contribution in [0.15, 0.2) is 91.4 Å². The van der Waals surface area contributed by atoms with Gasteiger partial charge in [-0.1, -0.05) is 42.5 Å². The monoisotopic (exact) mass is 555 g/mol. The van der Waals surface area contributed by atoms with Gasteiger partial charge in [0.1, 0.15) is 5.82 Å². The van der Waals surface area contributed by atoms with E-state index in [0.29, 0.717) is 23.3 Å². The number of benzene rings is 2. The van der Waals surface area contributed by atoms with E-state index < -0.39 is 30.6 Å². The molecule has 0 spiro atoms. The fourth-order valence-electron chi connectivity index (χ4n) is 4.69. The van der Waals surface area contributed by atoms with Crippen LogP contribution in [0, 0.1) is 5.21 Å². The molecule has 0 aliphatic rings. The molecule has 40 heavy (non-hydrogen) atoms. The Hall–Kier alpha value is -4.34. The second-order valence-electron chi connectivity index (χ2n) is 9.11. The minimum atomic E-state index is -3.23. The Morgan fingerprint density at radius 2 is 1.48 bits per heavy atom. The summed E-state index contributed by atoms with van der Waals surface area (Å²) >= 11 is 0. The van der Waals surface area contributed by atoms with Crippen molar-refractivity contribution in [2.24, 2.45) is 0 Å². The molecule has 2 aromatic carbocycles. The summed E-state index contributed by atoms with van der Waals surface area (Å²) in [4.78, 5) is 6.88. The molecule has 0 amide bonds. The van der Waals surface area contributed by atoms with E-state index in [4.69, 9.17) is 4.98 Å². The van der Waals surface area contributed by atoms with Gasteiger partial charge in [-0.05, 0) is 60.7 Å². The maximum Gasteiger partial charge on any atom is 0.387 e. The Morgan fingerprint density at radius 3 is 2.08 bits per heavy atom. The number of alkyl halides is 4. The molecule has 6 nitrogen and oxygen atoms in total. The van der Waals surface area contributed by atoms with Gasteiger partial charge in [0.25, 0.3) is 0 Å². The predicted octanol–water partition coefficient (Wildman–Crippen LogP) is 6.88. The highest BCUT2D eigenvalue weighted by molar-refractivity contribution is 5.48. The zero-order chi connectivity index (χ0) is 28.6. The molecule has 0 radical (unpaired) electrons. The van der Waals surface area contributed by atoms with E-state index in [1.54, 1.807) is 18.3 Å². The summed E-state index contributed by atoms with van der Waals surface area (Å²) in [5, 5.41) is 11.5. The number of rotatable bonds is 12. The van der Waals surface area contributed by atoms with Crippen LogP contribution >= 0.6 is 0 Å². The second-order valence-corrected chi connectivity index (χ2v) is 9.11. The van der Waals surface area contributed by atoms with E-state index in [1.165, 1.54) is 30.6 Å². The third-order valence-corrected chi connectivity index (χ3v) is 6.67. The van der Waals surface area contributed by atoms with Gasteiger partial charge in [-0.2, -0.15) is 22.3 Å². The normalized spacial score (nSPS) is 12.8. The number of pyridine rings is 2. The fourth-order valence-corrected chi connectivity index (χ4v) is 4.69. The molecule has 2 aromatic heterocycles. The largest absolute Gasteiger partial charge is 0.619 e. The van der Waals surface area contributed by atoms with Gasteiger partial charge in [-0.3, -0.25) is 0 Å². The maximum atomic E-state index is 13.1. The first-order valence-corrected chi connectivity index (χ1v) is 12.7. The number of hydrogen-bond acceptors (Lipinski definition) is 5. The Labute approximate surface area is 230 Å². The molecule has 0 fully saturated rings. The molecule has 0 saturated carbocycles. The Morgan fingerprint density at radius 1 is 0.825 bits per heavy atom. The van der Waals surface area contributed by atoms with E-state index in [-0.39, 0.29) is 6.04 Å². The van der Waals surface area contributed by atoms with Crippen LogP contribution in [0.1, 0.15) is 48.1 Å². The number of hydrogen-bond donors (Lipinski definition) is 0. The number of nitrogens with zero attached hydrogens (tertiary/aromatic N) is 3. The lowest BCUT2D eigenvalue weighted by molar-refractivity contribution is -0.605. The highest BCUT2D eigenvalue weighted by Crippen LogP contribution is 2.37. The molecule has 0 N–H and O–H groups in total. The summed E-state index contributed by atoms with van der Waals surface area (Å²) in [5.74, 6) is -0.657. The zero-order valence-corrected chi connectivity index (χ0v) is 22.0. The van der Waals surface area contributed by atoms with Gasteiger partial charge in [-0.15, -0.1) is 0 Å². The highest BCUT2D eigenvalue weighted by Gasteiger charge is 2.22. The summed E-state index contributed by atoms with van der Waals surface area (Å²) in [6.07, 6.45) is 4.82. The molecule has 2 heterocycles. The number of anilines is 1. The smallest absolute Gasteiger partial charge is 0.387 e. The molecule has 4 rings (SSSR count). The van der Waals surface area contributed by atoms with Gasteiger partial charge in [0.05, 0.1) is 6.04 Å². The van der Waals surface area contributed by atoms with Crippen LogP contribution in [0.3, 0.4) is 0 Å². The average Bonchev–Trinajstić information content (AvgIpc) is 2.94. The number of aromatic nitrogens is 2. The van der Waals surface area contributed by atoms with Gasteiger partial charge in [0.15, 0.2) is 23.9 Å². The molecule has 10 heteroatoms. The van der Waals surface area contributed by atoms with Crippen molar-refractivity contribution in [3.05, 3.63) is 119 Å². The Bertz CT molecular complexity index is 1360. The van der Waals surface area contributed by atoms with Gasteiger partial charge < -0.3 is 19.6 Å². The van der Waals surface area contributed by atoms with Crippen molar-refractivity contribution in [2.75, 3.05) is 11.4 Å². The molecule has 0 bridgehead atoms. The quantitative estimate of drug-likeness (QED) is 0.108.